The van der Waals surface area contributed by atoms with Crippen molar-refractivity contribution >= 4 is 27.1 Å². The van der Waals surface area contributed by atoms with Gasteiger partial charge in [-0.2, -0.15) is 0 Å². The Hall–Kier alpha value is -1.77. The van der Waals surface area contributed by atoms with Crippen molar-refractivity contribution < 1.29 is 17.9 Å². The second-order valence-corrected chi connectivity index (χ2v) is 10.8. The van der Waals surface area contributed by atoms with Crippen LogP contribution >= 0.6 is 11.3 Å². The Labute approximate surface area is 171 Å². The molecule has 1 heterocycles. The Morgan fingerprint density at radius 1 is 1.29 bits per heavy atom. The second-order valence-electron chi connectivity index (χ2n) is 8.01. The fourth-order valence-corrected chi connectivity index (χ4v) is 5.11. The van der Waals surface area contributed by atoms with E-state index in [2.05, 4.69) is 9.71 Å². The molecular formula is C20H28N2O4S2. The summed E-state index contributed by atoms with van der Waals surface area (Å²) in [6, 6.07) is 4.81. The van der Waals surface area contributed by atoms with Gasteiger partial charge >= 0.3 is 0 Å². The minimum Gasteiger partial charge on any atom is -0.495 e. The molecule has 0 spiro atoms. The topological polar surface area (TPSA) is 85.4 Å². The smallest absolute Gasteiger partial charge is 0.244 e. The third kappa shape index (κ3) is 5.18. The van der Waals surface area contributed by atoms with E-state index in [1.165, 1.54) is 18.4 Å². The summed E-state index contributed by atoms with van der Waals surface area (Å²) in [5.74, 6) is 0.397. The molecule has 8 heteroatoms. The van der Waals surface area contributed by atoms with E-state index in [1.807, 2.05) is 33.8 Å². The number of ether oxygens (including phenoxy) is 1. The molecule has 0 atom stereocenters. The minimum absolute atomic E-state index is 0.0846. The van der Waals surface area contributed by atoms with Crippen molar-refractivity contribution in [3.63, 3.8) is 0 Å². The number of aromatic nitrogens is 1. The Kier molecular flexibility index (Phi) is 6.68. The Morgan fingerprint density at radius 2 is 1.93 bits per heavy atom. The molecule has 1 aromatic carbocycles. The summed E-state index contributed by atoms with van der Waals surface area (Å²) in [5.41, 5.74) is 1.07. The molecule has 1 aromatic heterocycles. The summed E-state index contributed by atoms with van der Waals surface area (Å²) in [5, 5.41) is 0.730. The normalized spacial score (nSPS) is 12.4. The zero-order valence-corrected chi connectivity index (χ0v) is 19.0. The number of rotatable bonds is 7. The van der Waals surface area contributed by atoms with Crippen LogP contribution < -0.4 is 9.46 Å². The molecule has 0 aliphatic rings. The van der Waals surface area contributed by atoms with Gasteiger partial charge in [-0.15, -0.1) is 11.3 Å². The van der Waals surface area contributed by atoms with E-state index in [0.717, 1.165) is 21.1 Å². The highest BCUT2D eigenvalue weighted by Crippen LogP contribution is 2.35. The maximum absolute atomic E-state index is 12.7. The summed E-state index contributed by atoms with van der Waals surface area (Å²) in [6.07, 6.45) is 0.269. The van der Waals surface area contributed by atoms with Crippen LogP contribution in [0.5, 0.6) is 5.75 Å². The largest absolute Gasteiger partial charge is 0.495 e. The molecule has 154 valence electrons. The Balaban J connectivity index is 2.47. The van der Waals surface area contributed by atoms with Crippen LogP contribution in [0.1, 0.15) is 45.3 Å². The minimum atomic E-state index is -3.72. The molecule has 0 unspecified atom stereocenters. The van der Waals surface area contributed by atoms with E-state index in [9.17, 15) is 13.2 Å². The van der Waals surface area contributed by atoms with Crippen molar-refractivity contribution in [3.05, 3.63) is 28.9 Å². The zero-order chi connectivity index (χ0) is 21.3. The van der Waals surface area contributed by atoms with Gasteiger partial charge in [0.25, 0.3) is 0 Å². The highest BCUT2D eigenvalue weighted by Gasteiger charge is 2.25. The summed E-state index contributed by atoms with van der Waals surface area (Å²) >= 11 is 1.42. The van der Waals surface area contributed by atoms with Crippen molar-refractivity contribution in [1.29, 1.82) is 0 Å². The molecule has 0 bridgehead atoms. The van der Waals surface area contributed by atoms with Crippen LogP contribution in [0.25, 0.3) is 10.4 Å². The molecular weight excluding hydrogens is 396 g/mol. The number of aryl methyl sites for hydroxylation is 1. The number of thiazole rings is 1. The predicted molar refractivity (Wildman–Crippen MR) is 112 cm³/mol. The summed E-state index contributed by atoms with van der Waals surface area (Å²) < 4.78 is 33.2. The van der Waals surface area contributed by atoms with E-state index in [-0.39, 0.29) is 28.9 Å². The molecule has 2 rings (SSSR count). The van der Waals surface area contributed by atoms with Crippen LogP contribution in [-0.4, -0.2) is 32.3 Å². The van der Waals surface area contributed by atoms with Crippen molar-refractivity contribution in [2.75, 3.05) is 7.11 Å². The Morgan fingerprint density at radius 3 is 2.46 bits per heavy atom. The van der Waals surface area contributed by atoms with Crippen molar-refractivity contribution in [2.45, 2.75) is 58.9 Å². The van der Waals surface area contributed by atoms with Gasteiger partial charge < -0.3 is 4.74 Å². The van der Waals surface area contributed by atoms with Gasteiger partial charge in [-0.1, -0.05) is 20.8 Å². The van der Waals surface area contributed by atoms with E-state index >= 15 is 0 Å². The molecule has 0 amide bonds. The lowest BCUT2D eigenvalue weighted by Crippen LogP contribution is -2.30. The molecule has 0 fully saturated rings. The third-order valence-electron chi connectivity index (χ3n) is 4.10. The van der Waals surface area contributed by atoms with Crippen molar-refractivity contribution in [2.24, 2.45) is 5.41 Å². The molecule has 0 radical (unpaired) electrons. The van der Waals surface area contributed by atoms with Crippen molar-refractivity contribution in [1.82, 2.24) is 9.71 Å². The monoisotopic (exact) mass is 424 g/mol. The number of ketones is 1. The molecule has 0 aliphatic heterocycles. The number of hydrogen-bond donors (Lipinski definition) is 1. The number of carbonyl (C=O) groups excluding carboxylic acids is 1. The van der Waals surface area contributed by atoms with Crippen molar-refractivity contribution in [3.8, 4) is 16.2 Å². The zero-order valence-electron chi connectivity index (χ0n) is 17.4. The van der Waals surface area contributed by atoms with Crippen LogP contribution in [0.4, 0.5) is 0 Å². The van der Waals surface area contributed by atoms with Crippen LogP contribution in [0.15, 0.2) is 23.1 Å². The number of hydrogen-bond acceptors (Lipinski definition) is 6. The third-order valence-corrected chi connectivity index (χ3v) is 6.98. The molecule has 0 saturated heterocycles. The number of Topliss-reactive ketones (excluding diaryl/α,β-unsaturated/α-hetero) is 1. The fourth-order valence-electron chi connectivity index (χ4n) is 2.60. The maximum Gasteiger partial charge on any atom is 0.244 e. The van der Waals surface area contributed by atoms with E-state index in [1.54, 1.807) is 26.0 Å². The lowest BCUT2D eigenvalue weighted by molar-refractivity contribution is -0.125. The molecule has 2 aromatic rings. The number of carbonyl (C=O) groups is 1. The predicted octanol–water partition coefficient (Wildman–Crippen LogP) is 3.97. The summed E-state index contributed by atoms with van der Waals surface area (Å²) in [6.45, 7) is 11.1. The molecule has 0 saturated carbocycles. The average Bonchev–Trinajstić information content (AvgIpc) is 2.92. The van der Waals surface area contributed by atoms with E-state index in [4.69, 9.17) is 4.74 Å². The Bertz CT molecular complexity index is 971. The first kappa shape index (κ1) is 22.5. The van der Waals surface area contributed by atoms with Gasteiger partial charge in [0.05, 0.1) is 24.1 Å². The lowest BCUT2D eigenvalue weighted by atomic mass is 9.89. The number of nitrogens with one attached hydrogen (secondary N) is 1. The maximum atomic E-state index is 12.7. The fraction of sp³-hybridized carbons (Fsp3) is 0.500. The van der Waals surface area contributed by atoms with Gasteiger partial charge in [-0.25, -0.2) is 18.1 Å². The number of benzene rings is 1. The molecule has 0 aliphatic carbocycles. The standard InChI is InChI=1S/C20H28N2O4S2/c1-12(2)22-28(24,25)16-10-14(8-9-15(16)26-7)19-13(3)21-18(27-19)11-17(23)20(4,5)6/h8-10,12,22H,11H2,1-7H3. The van der Waals surface area contributed by atoms with Gasteiger partial charge in [-0.05, 0) is 44.5 Å². The first-order chi connectivity index (χ1) is 12.8. The lowest BCUT2D eigenvalue weighted by Gasteiger charge is -2.15. The quantitative estimate of drug-likeness (QED) is 0.727. The number of nitrogens with zero attached hydrogens (tertiary/aromatic N) is 1. The number of sulfonamides is 1. The summed E-state index contributed by atoms with van der Waals surface area (Å²) in [4.78, 5) is 17.8. The second kappa shape index (κ2) is 8.31. The van der Waals surface area contributed by atoms with Crippen LogP contribution in [0.3, 0.4) is 0 Å². The molecule has 6 nitrogen and oxygen atoms in total. The van der Waals surface area contributed by atoms with Gasteiger partial charge in [0, 0.05) is 11.5 Å². The highest BCUT2D eigenvalue weighted by atomic mass is 32.2. The van der Waals surface area contributed by atoms with E-state index < -0.39 is 15.4 Å². The van der Waals surface area contributed by atoms with Crippen LogP contribution in [0, 0.1) is 12.3 Å². The van der Waals surface area contributed by atoms with E-state index in [0.29, 0.717) is 0 Å². The van der Waals surface area contributed by atoms with Gasteiger partial charge in [0.2, 0.25) is 10.0 Å². The SMILES string of the molecule is COc1ccc(-c2sc(CC(=O)C(C)(C)C)nc2C)cc1S(=O)(=O)NC(C)C. The van der Waals surface area contributed by atoms with Gasteiger partial charge in [-0.3, -0.25) is 4.79 Å². The first-order valence-corrected chi connectivity index (χ1v) is 11.4. The van der Waals surface area contributed by atoms with Crippen LogP contribution in [-0.2, 0) is 21.2 Å². The number of methoxy groups -OCH3 is 1. The van der Waals surface area contributed by atoms with Gasteiger partial charge in [0.1, 0.15) is 21.4 Å². The summed E-state index contributed by atoms with van der Waals surface area (Å²) in [7, 11) is -2.28. The first-order valence-electron chi connectivity index (χ1n) is 9.05. The van der Waals surface area contributed by atoms with Gasteiger partial charge in [0.15, 0.2) is 0 Å². The van der Waals surface area contributed by atoms with Crippen LogP contribution in [0.2, 0.25) is 0 Å². The highest BCUT2D eigenvalue weighted by molar-refractivity contribution is 7.89. The molecule has 1 N–H and O–H groups in total. The average molecular weight is 425 g/mol. The molecule has 28 heavy (non-hydrogen) atoms.